The van der Waals surface area contributed by atoms with Crippen LogP contribution < -0.4 is 15.4 Å². The largest absolute Gasteiger partial charge is 0.504 e. The van der Waals surface area contributed by atoms with E-state index in [-0.39, 0.29) is 40.9 Å². The lowest BCUT2D eigenvalue weighted by Gasteiger charge is -2.37. The van der Waals surface area contributed by atoms with Crippen LogP contribution in [0.2, 0.25) is 0 Å². The maximum absolute atomic E-state index is 14.4. The van der Waals surface area contributed by atoms with Gasteiger partial charge in [-0.1, -0.05) is 36.4 Å². The Morgan fingerprint density at radius 3 is 2.50 bits per heavy atom. The third kappa shape index (κ3) is 4.65. The molecule has 0 fully saturated rings. The predicted molar refractivity (Wildman–Crippen MR) is 139 cm³/mol. The van der Waals surface area contributed by atoms with Crippen LogP contribution in [0.15, 0.2) is 89.3 Å². The van der Waals surface area contributed by atoms with Gasteiger partial charge in [-0.25, -0.2) is 8.78 Å². The quantitative estimate of drug-likeness (QED) is 0.406. The first kappa shape index (κ1) is 25.2. The first-order chi connectivity index (χ1) is 18.3. The molecule has 194 valence electrons. The van der Waals surface area contributed by atoms with Crippen molar-refractivity contribution in [2.45, 2.75) is 31.6 Å². The van der Waals surface area contributed by atoms with E-state index in [0.717, 1.165) is 17.7 Å². The number of dihydropyridines is 1. The summed E-state index contributed by atoms with van der Waals surface area (Å²) < 4.78 is 33.1. The molecule has 0 bridgehead atoms. The van der Waals surface area contributed by atoms with Crippen molar-refractivity contribution in [1.29, 1.82) is 0 Å². The predicted octanol–water partition coefficient (Wildman–Crippen LogP) is 5.68. The third-order valence-corrected chi connectivity index (χ3v) is 7.06. The monoisotopic (exact) mass is 516 g/mol. The number of benzene rings is 3. The topological polar surface area (TPSA) is 87.7 Å². The molecule has 0 spiro atoms. The summed E-state index contributed by atoms with van der Waals surface area (Å²) in [5.41, 5.74) is 3.30. The van der Waals surface area contributed by atoms with Crippen LogP contribution in [0.4, 0.5) is 14.5 Å². The number of allylic oxidation sites excluding steroid dienone is 3. The molecule has 1 amide bonds. The van der Waals surface area contributed by atoms with Gasteiger partial charge in [-0.05, 0) is 54.7 Å². The molecular formula is C30H26F2N2O4. The Bertz CT molecular complexity index is 1500. The molecule has 3 N–H and O–H groups in total. The summed E-state index contributed by atoms with van der Waals surface area (Å²) in [6, 6.07) is 17.3. The van der Waals surface area contributed by atoms with Crippen LogP contribution >= 0.6 is 0 Å². The summed E-state index contributed by atoms with van der Waals surface area (Å²) >= 11 is 0. The van der Waals surface area contributed by atoms with Crippen molar-refractivity contribution < 1.29 is 28.2 Å². The highest BCUT2D eigenvalue weighted by molar-refractivity contribution is 6.10. The second-order valence-electron chi connectivity index (χ2n) is 9.44. The summed E-state index contributed by atoms with van der Waals surface area (Å²) in [6.45, 7) is 1.72. The molecule has 8 heteroatoms. The molecule has 38 heavy (non-hydrogen) atoms. The average molecular weight is 517 g/mol. The number of anilines is 1. The Morgan fingerprint density at radius 1 is 1.03 bits per heavy atom. The Morgan fingerprint density at radius 2 is 1.79 bits per heavy atom. The molecule has 0 radical (unpaired) electrons. The number of nitrogens with one attached hydrogen (secondary N) is 2. The lowest BCUT2D eigenvalue weighted by atomic mass is 9.71. The summed E-state index contributed by atoms with van der Waals surface area (Å²) in [6.07, 6.45) is 0.826. The maximum atomic E-state index is 14.4. The number of methoxy groups -OCH3 is 1. The van der Waals surface area contributed by atoms with Gasteiger partial charge in [0.1, 0.15) is 11.6 Å². The lowest BCUT2D eigenvalue weighted by molar-refractivity contribution is -0.116. The van der Waals surface area contributed by atoms with Crippen molar-refractivity contribution in [3.8, 4) is 11.5 Å². The normalized spacial score (nSPS) is 19.1. The molecule has 2 aliphatic rings. The van der Waals surface area contributed by atoms with Crippen LogP contribution in [-0.2, 0) is 9.59 Å². The van der Waals surface area contributed by atoms with Gasteiger partial charge < -0.3 is 20.5 Å². The SMILES string of the molecule is COc1cc([C@H]2C(C(=O)Nc3ccc(F)cc3F)=C(C)NC3=C2C(=O)C[C@@H](c2ccccc2)C3)ccc1O. The molecule has 1 heterocycles. The number of hydrogen-bond donors (Lipinski definition) is 3. The average Bonchev–Trinajstić information content (AvgIpc) is 2.90. The first-order valence-electron chi connectivity index (χ1n) is 12.2. The summed E-state index contributed by atoms with van der Waals surface area (Å²) in [4.78, 5) is 27.3. The highest BCUT2D eigenvalue weighted by Crippen LogP contribution is 2.46. The number of phenols is 1. The zero-order chi connectivity index (χ0) is 27.0. The number of halogens is 2. The number of carbonyl (C=O) groups is 2. The fourth-order valence-corrected chi connectivity index (χ4v) is 5.29. The van der Waals surface area contributed by atoms with Crippen molar-refractivity contribution >= 4 is 17.4 Å². The van der Waals surface area contributed by atoms with Gasteiger partial charge in [-0.2, -0.15) is 0 Å². The molecule has 1 aliphatic carbocycles. The van der Waals surface area contributed by atoms with Gasteiger partial charge in [0.05, 0.1) is 12.8 Å². The summed E-state index contributed by atoms with van der Waals surface area (Å²) in [5.74, 6) is -3.15. The molecule has 0 aromatic heterocycles. The minimum Gasteiger partial charge on any atom is -0.504 e. The second kappa shape index (κ2) is 10.1. The van der Waals surface area contributed by atoms with E-state index in [2.05, 4.69) is 10.6 Å². The van der Waals surface area contributed by atoms with Crippen LogP contribution in [0.1, 0.15) is 42.7 Å². The number of amides is 1. The maximum Gasteiger partial charge on any atom is 0.254 e. The summed E-state index contributed by atoms with van der Waals surface area (Å²) in [5, 5.41) is 16.0. The van der Waals surface area contributed by atoms with Gasteiger partial charge in [0.25, 0.3) is 5.91 Å². The van der Waals surface area contributed by atoms with Gasteiger partial charge in [0.15, 0.2) is 17.3 Å². The van der Waals surface area contributed by atoms with Crippen LogP contribution in [0, 0.1) is 11.6 Å². The van der Waals surface area contributed by atoms with E-state index in [0.29, 0.717) is 35.0 Å². The fourth-order valence-electron chi connectivity index (χ4n) is 5.29. The van der Waals surface area contributed by atoms with Gasteiger partial charge in [-0.3, -0.25) is 9.59 Å². The highest BCUT2D eigenvalue weighted by atomic mass is 19.1. The summed E-state index contributed by atoms with van der Waals surface area (Å²) in [7, 11) is 1.41. The number of hydrogen-bond acceptors (Lipinski definition) is 5. The van der Waals surface area contributed by atoms with Crippen molar-refractivity contribution in [3.63, 3.8) is 0 Å². The van der Waals surface area contributed by atoms with E-state index in [9.17, 15) is 23.5 Å². The van der Waals surface area contributed by atoms with Gasteiger partial charge in [0, 0.05) is 40.9 Å². The smallest absolute Gasteiger partial charge is 0.254 e. The van der Waals surface area contributed by atoms with Crippen LogP contribution in [0.3, 0.4) is 0 Å². The van der Waals surface area contributed by atoms with Crippen LogP contribution in [-0.4, -0.2) is 23.9 Å². The van der Waals surface area contributed by atoms with Crippen molar-refractivity contribution in [3.05, 3.63) is 112 Å². The van der Waals surface area contributed by atoms with Gasteiger partial charge >= 0.3 is 0 Å². The fraction of sp³-hybridized carbons (Fsp3) is 0.200. The molecule has 6 nitrogen and oxygen atoms in total. The molecule has 0 unspecified atom stereocenters. The van der Waals surface area contributed by atoms with E-state index >= 15 is 0 Å². The number of phenolic OH excluding ortho intramolecular Hbond substituents is 1. The molecule has 3 aromatic carbocycles. The highest BCUT2D eigenvalue weighted by Gasteiger charge is 2.41. The Hall–Kier alpha value is -4.46. The second-order valence-corrected chi connectivity index (χ2v) is 9.44. The third-order valence-electron chi connectivity index (χ3n) is 7.06. The zero-order valence-electron chi connectivity index (χ0n) is 20.8. The van der Waals surface area contributed by atoms with E-state index in [4.69, 9.17) is 4.74 Å². The Kier molecular flexibility index (Phi) is 6.72. The molecule has 3 aromatic rings. The Balaban J connectivity index is 1.59. The molecular weight excluding hydrogens is 490 g/mol. The number of carbonyl (C=O) groups excluding carboxylic acids is 2. The lowest BCUT2D eigenvalue weighted by Crippen LogP contribution is -2.37. The van der Waals surface area contributed by atoms with Gasteiger partial charge in [-0.15, -0.1) is 0 Å². The molecule has 2 atom stereocenters. The molecule has 0 saturated carbocycles. The number of rotatable bonds is 5. The van der Waals surface area contributed by atoms with Crippen LogP contribution in [0.25, 0.3) is 0 Å². The number of ketones is 1. The van der Waals surface area contributed by atoms with Crippen LogP contribution in [0.5, 0.6) is 11.5 Å². The standard InChI is InChI=1S/C30H26F2N2O4/c1-16-27(30(37)34-22-10-9-20(31)15-21(22)32)28(18-8-11-24(35)26(14-18)38-2)29-23(33-16)12-19(13-25(29)36)17-6-4-3-5-7-17/h3-11,14-15,19,28,33,35H,12-13H2,1-2H3,(H,34,37)/t19-,28-/m0/s1. The molecule has 0 saturated heterocycles. The Labute approximate surface area is 218 Å². The van der Waals surface area contributed by atoms with Crippen molar-refractivity contribution in [2.24, 2.45) is 0 Å². The number of Topliss-reactive ketones (excluding diaryl/α,β-unsaturated/α-hetero) is 1. The molecule has 5 rings (SSSR count). The number of ether oxygens (including phenoxy) is 1. The number of aromatic hydroxyl groups is 1. The van der Waals surface area contributed by atoms with Crippen molar-refractivity contribution in [1.82, 2.24) is 5.32 Å². The van der Waals surface area contributed by atoms with E-state index in [1.807, 2.05) is 30.3 Å². The minimum absolute atomic E-state index is 0.0264. The van der Waals surface area contributed by atoms with Crippen molar-refractivity contribution in [2.75, 3.05) is 12.4 Å². The van der Waals surface area contributed by atoms with E-state index in [1.54, 1.807) is 19.1 Å². The minimum atomic E-state index is -0.914. The molecule has 1 aliphatic heterocycles. The zero-order valence-corrected chi connectivity index (χ0v) is 20.8. The van der Waals surface area contributed by atoms with Gasteiger partial charge in [0.2, 0.25) is 0 Å². The van der Waals surface area contributed by atoms with E-state index < -0.39 is 23.5 Å². The van der Waals surface area contributed by atoms with E-state index in [1.165, 1.54) is 13.2 Å². The first-order valence-corrected chi connectivity index (χ1v) is 12.2.